The maximum absolute atomic E-state index is 11.7. The van der Waals surface area contributed by atoms with E-state index in [2.05, 4.69) is 14.6 Å². The number of benzene rings is 1. The molecule has 0 saturated heterocycles. The number of non-ortho nitro benzene ring substituents is 1. The molecule has 0 aliphatic carbocycles. The highest BCUT2D eigenvalue weighted by Gasteiger charge is 2.21. The molecule has 2 rings (SSSR count). The zero-order valence-electron chi connectivity index (χ0n) is 11.7. The van der Waals surface area contributed by atoms with E-state index in [4.69, 9.17) is 0 Å². The van der Waals surface area contributed by atoms with Gasteiger partial charge < -0.3 is 9.47 Å². The van der Waals surface area contributed by atoms with Gasteiger partial charge in [-0.1, -0.05) is 12.1 Å². The Morgan fingerprint density at radius 1 is 1.23 bits per heavy atom. The van der Waals surface area contributed by atoms with E-state index in [1.807, 2.05) is 0 Å². The minimum atomic E-state index is -0.836. The number of aromatic nitrogens is 2. The average molecular weight is 305 g/mol. The van der Waals surface area contributed by atoms with Gasteiger partial charge in [-0.05, 0) is 6.07 Å². The van der Waals surface area contributed by atoms with Crippen LogP contribution in [0.3, 0.4) is 0 Å². The number of nitro groups is 1. The number of carbonyl (C=O) groups is 2. The fourth-order valence-electron chi connectivity index (χ4n) is 1.80. The summed E-state index contributed by atoms with van der Waals surface area (Å²) >= 11 is 0. The lowest BCUT2D eigenvalue weighted by molar-refractivity contribution is -0.384. The molecule has 0 amide bonds. The zero-order chi connectivity index (χ0) is 16.3. The van der Waals surface area contributed by atoms with Crippen LogP contribution in [-0.2, 0) is 9.47 Å². The van der Waals surface area contributed by atoms with Crippen LogP contribution in [0, 0.1) is 10.1 Å². The number of nitrogens with zero attached hydrogens (tertiary/aromatic N) is 3. The van der Waals surface area contributed by atoms with E-state index in [1.54, 1.807) is 6.07 Å². The van der Waals surface area contributed by atoms with E-state index >= 15 is 0 Å². The normalized spacial score (nSPS) is 10.1. The number of hydrogen-bond donors (Lipinski definition) is 0. The molecular formula is C13H11N3O6. The first-order chi connectivity index (χ1) is 10.5. The fraction of sp³-hybridized carbons (Fsp3) is 0.154. The first kappa shape index (κ1) is 15.2. The maximum atomic E-state index is 11.7. The van der Waals surface area contributed by atoms with E-state index in [-0.39, 0.29) is 17.1 Å². The number of carbonyl (C=O) groups excluding carboxylic acids is 2. The van der Waals surface area contributed by atoms with Crippen LogP contribution in [0.1, 0.15) is 10.5 Å². The van der Waals surface area contributed by atoms with Crippen molar-refractivity contribution in [2.75, 3.05) is 14.2 Å². The molecule has 1 aromatic heterocycles. The Morgan fingerprint density at radius 2 is 1.95 bits per heavy atom. The Morgan fingerprint density at radius 3 is 2.55 bits per heavy atom. The Kier molecular flexibility index (Phi) is 4.16. The summed E-state index contributed by atoms with van der Waals surface area (Å²) in [6.07, 6.45) is -0.836. The van der Waals surface area contributed by atoms with Gasteiger partial charge in [0.2, 0.25) is 0 Å². The lowest BCUT2D eigenvalue weighted by Crippen LogP contribution is -2.15. The Balaban J connectivity index is 2.60. The molecule has 0 fully saturated rings. The topological polar surface area (TPSA) is 114 Å². The molecule has 0 aliphatic rings. The lowest BCUT2D eigenvalue weighted by atomic mass is 10.1. The van der Waals surface area contributed by atoms with Gasteiger partial charge in [0, 0.05) is 17.7 Å². The SMILES string of the molecule is COC(=O)c1cc(-c2cccc([N+](=O)[O-])c2)n(C(=O)OC)n1. The number of ether oxygens (including phenoxy) is 2. The van der Waals surface area contributed by atoms with Gasteiger partial charge in [-0.3, -0.25) is 10.1 Å². The quantitative estimate of drug-likeness (QED) is 0.483. The minimum Gasteiger partial charge on any atom is -0.464 e. The van der Waals surface area contributed by atoms with E-state index in [9.17, 15) is 19.7 Å². The number of methoxy groups -OCH3 is 2. The molecule has 1 aromatic carbocycles. The smallest absolute Gasteiger partial charge is 0.434 e. The molecular weight excluding hydrogens is 294 g/mol. The molecule has 0 N–H and O–H groups in total. The molecule has 9 heteroatoms. The van der Waals surface area contributed by atoms with E-state index < -0.39 is 17.0 Å². The second kappa shape index (κ2) is 6.04. The molecule has 0 aliphatic heterocycles. The van der Waals surface area contributed by atoms with Crippen LogP contribution in [0.4, 0.5) is 10.5 Å². The van der Waals surface area contributed by atoms with Crippen molar-refractivity contribution in [3.63, 3.8) is 0 Å². The van der Waals surface area contributed by atoms with E-state index in [0.29, 0.717) is 5.56 Å². The third kappa shape index (κ3) is 2.77. The van der Waals surface area contributed by atoms with Crippen molar-refractivity contribution in [2.45, 2.75) is 0 Å². The molecule has 0 unspecified atom stereocenters. The molecule has 0 bridgehead atoms. The van der Waals surface area contributed by atoms with E-state index in [0.717, 1.165) is 11.8 Å². The van der Waals surface area contributed by atoms with Crippen molar-refractivity contribution in [1.82, 2.24) is 9.78 Å². The first-order valence-electron chi connectivity index (χ1n) is 5.99. The molecule has 0 atom stereocenters. The molecule has 2 aromatic rings. The summed E-state index contributed by atoms with van der Waals surface area (Å²) in [5.74, 6) is -0.741. The number of esters is 1. The van der Waals surface area contributed by atoms with Gasteiger partial charge in [0.25, 0.3) is 5.69 Å². The standard InChI is InChI=1S/C13H11N3O6/c1-21-12(17)10-7-11(15(14-10)13(18)22-2)8-4-3-5-9(6-8)16(19)20/h3-7H,1-2H3. The van der Waals surface area contributed by atoms with Crippen LogP contribution in [0.25, 0.3) is 11.3 Å². The summed E-state index contributed by atoms with van der Waals surface area (Å²) in [5, 5.41) is 14.6. The lowest BCUT2D eigenvalue weighted by Gasteiger charge is -2.04. The Bertz CT molecular complexity index is 752. The van der Waals surface area contributed by atoms with Crippen LogP contribution in [0.2, 0.25) is 0 Å². The van der Waals surface area contributed by atoms with Gasteiger partial charge >= 0.3 is 12.1 Å². The molecule has 114 valence electrons. The van der Waals surface area contributed by atoms with Crippen molar-refractivity contribution in [1.29, 1.82) is 0 Å². The number of rotatable bonds is 3. The van der Waals surface area contributed by atoms with Crippen LogP contribution < -0.4 is 0 Å². The van der Waals surface area contributed by atoms with Gasteiger partial charge in [-0.25, -0.2) is 9.59 Å². The molecule has 0 radical (unpaired) electrons. The predicted molar refractivity (Wildman–Crippen MR) is 73.5 cm³/mol. The number of hydrogen-bond acceptors (Lipinski definition) is 7. The second-order valence-corrected chi connectivity index (χ2v) is 4.10. The largest absolute Gasteiger partial charge is 0.464 e. The van der Waals surface area contributed by atoms with Crippen molar-refractivity contribution < 1.29 is 24.0 Å². The maximum Gasteiger partial charge on any atom is 0.434 e. The summed E-state index contributed by atoms with van der Waals surface area (Å²) in [4.78, 5) is 33.6. The zero-order valence-corrected chi connectivity index (χ0v) is 11.7. The van der Waals surface area contributed by atoms with Crippen LogP contribution in [0.5, 0.6) is 0 Å². The van der Waals surface area contributed by atoms with Crippen molar-refractivity contribution in [3.8, 4) is 11.3 Å². The van der Waals surface area contributed by atoms with Crippen LogP contribution in [-0.4, -0.2) is 41.0 Å². The van der Waals surface area contributed by atoms with Gasteiger partial charge in [-0.2, -0.15) is 9.78 Å². The molecule has 1 heterocycles. The highest BCUT2D eigenvalue weighted by Crippen LogP contribution is 2.25. The average Bonchev–Trinajstić information content (AvgIpc) is 2.98. The van der Waals surface area contributed by atoms with Gasteiger partial charge in [0.15, 0.2) is 5.69 Å². The van der Waals surface area contributed by atoms with Crippen LogP contribution >= 0.6 is 0 Å². The highest BCUT2D eigenvalue weighted by molar-refractivity contribution is 5.90. The van der Waals surface area contributed by atoms with E-state index in [1.165, 1.54) is 31.4 Å². The monoisotopic (exact) mass is 305 g/mol. The minimum absolute atomic E-state index is 0.116. The third-order valence-corrected chi connectivity index (χ3v) is 2.80. The molecule has 9 nitrogen and oxygen atoms in total. The van der Waals surface area contributed by atoms with Gasteiger partial charge in [0.1, 0.15) is 0 Å². The number of nitro benzene ring substituents is 1. The van der Waals surface area contributed by atoms with Crippen LogP contribution in [0.15, 0.2) is 30.3 Å². The highest BCUT2D eigenvalue weighted by atomic mass is 16.6. The summed E-state index contributed by atoms with van der Waals surface area (Å²) in [6.45, 7) is 0. The molecule has 0 spiro atoms. The Labute approximate surface area is 124 Å². The Hall–Kier alpha value is -3.23. The molecule has 22 heavy (non-hydrogen) atoms. The van der Waals surface area contributed by atoms with Gasteiger partial charge in [0.05, 0.1) is 24.8 Å². The summed E-state index contributed by atoms with van der Waals surface area (Å²) in [6, 6.07) is 6.87. The van der Waals surface area contributed by atoms with Crippen molar-refractivity contribution in [2.24, 2.45) is 0 Å². The second-order valence-electron chi connectivity index (χ2n) is 4.10. The predicted octanol–water partition coefficient (Wildman–Crippen LogP) is 1.86. The fourth-order valence-corrected chi connectivity index (χ4v) is 1.80. The van der Waals surface area contributed by atoms with Gasteiger partial charge in [-0.15, -0.1) is 0 Å². The van der Waals surface area contributed by atoms with Crippen molar-refractivity contribution in [3.05, 3.63) is 46.1 Å². The summed E-state index contributed by atoms with van der Waals surface area (Å²) in [5.41, 5.74) is 0.238. The van der Waals surface area contributed by atoms with Crippen molar-refractivity contribution >= 4 is 17.7 Å². The third-order valence-electron chi connectivity index (χ3n) is 2.80. The summed E-state index contributed by atoms with van der Waals surface area (Å²) in [7, 11) is 2.32. The summed E-state index contributed by atoms with van der Waals surface area (Å²) < 4.78 is 9.96. The first-order valence-corrected chi connectivity index (χ1v) is 5.99. The molecule has 0 saturated carbocycles.